The van der Waals surface area contributed by atoms with Crippen LogP contribution in [0, 0.1) is 17.6 Å². The number of benzene rings is 1. The van der Waals surface area contributed by atoms with Gasteiger partial charge in [-0.1, -0.05) is 29.8 Å². The Hall–Kier alpha value is -0.480. The van der Waals surface area contributed by atoms with Gasteiger partial charge in [0.05, 0.1) is 0 Å². The molecule has 0 amide bonds. The van der Waals surface area contributed by atoms with Crippen molar-refractivity contribution in [1.29, 1.82) is 0 Å². The highest BCUT2D eigenvalue weighted by Gasteiger charge is 2.16. The fraction of sp³-hybridized carbons (Fsp3) is 0.400. The fourth-order valence-corrected chi connectivity index (χ4v) is 1.73. The molecule has 0 aliphatic rings. The van der Waals surface area contributed by atoms with Crippen LogP contribution in [0.5, 0.6) is 0 Å². The van der Waals surface area contributed by atoms with Crippen LogP contribution in [0.3, 0.4) is 0 Å². The van der Waals surface area contributed by atoms with Crippen LogP contribution < -0.4 is 5.73 Å². The molecule has 0 radical (unpaired) electrons. The standard InChI is InChI=1S/C10H12BrF2N/c1-5(2)10(14)6-3-8(12)9(13)4-7(6)11/h3-5,10H,14H2,1-2H3/t10-/m0/s1. The van der Waals surface area contributed by atoms with Gasteiger partial charge in [0.2, 0.25) is 0 Å². The molecule has 2 N–H and O–H groups in total. The lowest BCUT2D eigenvalue weighted by Gasteiger charge is -2.17. The van der Waals surface area contributed by atoms with E-state index in [1.807, 2.05) is 13.8 Å². The van der Waals surface area contributed by atoms with Gasteiger partial charge in [-0.15, -0.1) is 0 Å². The van der Waals surface area contributed by atoms with E-state index in [9.17, 15) is 8.78 Å². The first-order chi connectivity index (χ1) is 6.43. The predicted octanol–water partition coefficient (Wildman–Crippen LogP) is 3.38. The Balaban J connectivity index is 3.15. The van der Waals surface area contributed by atoms with Crippen LogP contribution in [-0.2, 0) is 0 Å². The van der Waals surface area contributed by atoms with Crippen LogP contribution in [0.1, 0.15) is 25.5 Å². The summed E-state index contributed by atoms with van der Waals surface area (Å²) in [5, 5.41) is 0. The first-order valence-corrected chi connectivity index (χ1v) is 5.12. The van der Waals surface area contributed by atoms with Gasteiger partial charge in [0, 0.05) is 10.5 Å². The summed E-state index contributed by atoms with van der Waals surface area (Å²) in [5.74, 6) is -1.55. The molecule has 0 heterocycles. The van der Waals surface area contributed by atoms with Gasteiger partial charge < -0.3 is 5.73 Å². The predicted molar refractivity (Wildman–Crippen MR) is 55.8 cm³/mol. The maximum absolute atomic E-state index is 12.9. The minimum atomic E-state index is -0.864. The number of nitrogens with two attached hydrogens (primary N) is 1. The molecule has 0 aliphatic carbocycles. The van der Waals surface area contributed by atoms with E-state index in [0.717, 1.165) is 12.1 Å². The average molecular weight is 264 g/mol. The molecule has 1 nitrogen and oxygen atoms in total. The van der Waals surface area contributed by atoms with Crippen molar-refractivity contribution in [3.05, 3.63) is 33.8 Å². The van der Waals surface area contributed by atoms with Crippen LogP contribution in [0.2, 0.25) is 0 Å². The maximum atomic E-state index is 12.9. The molecule has 78 valence electrons. The van der Waals surface area contributed by atoms with Gasteiger partial charge in [0.15, 0.2) is 11.6 Å². The average Bonchev–Trinajstić information content (AvgIpc) is 2.10. The highest BCUT2D eigenvalue weighted by molar-refractivity contribution is 9.10. The van der Waals surface area contributed by atoms with Gasteiger partial charge in [0.1, 0.15) is 0 Å². The molecule has 0 saturated carbocycles. The summed E-state index contributed by atoms with van der Waals surface area (Å²) in [6.07, 6.45) is 0. The zero-order valence-electron chi connectivity index (χ0n) is 8.02. The summed E-state index contributed by atoms with van der Waals surface area (Å²) < 4.78 is 26.2. The Morgan fingerprint density at radius 2 is 1.71 bits per heavy atom. The van der Waals surface area contributed by atoms with E-state index in [4.69, 9.17) is 5.73 Å². The lowest BCUT2D eigenvalue weighted by Crippen LogP contribution is -2.17. The molecule has 0 fully saturated rings. The van der Waals surface area contributed by atoms with Crippen molar-refractivity contribution in [3.8, 4) is 0 Å². The molecule has 0 aromatic heterocycles. The molecular formula is C10H12BrF2N. The topological polar surface area (TPSA) is 26.0 Å². The van der Waals surface area contributed by atoms with Crippen LogP contribution in [-0.4, -0.2) is 0 Å². The van der Waals surface area contributed by atoms with Crippen molar-refractivity contribution >= 4 is 15.9 Å². The van der Waals surface area contributed by atoms with Crippen molar-refractivity contribution in [2.45, 2.75) is 19.9 Å². The van der Waals surface area contributed by atoms with Crippen molar-refractivity contribution < 1.29 is 8.78 Å². The van der Waals surface area contributed by atoms with E-state index in [2.05, 4.69) is 15.9 Å². The summed E-state index contributed by atoms with van der Waals surface area (Å²) in [5.41, 5.74) is 6.43. The van der Waals surface area contributed by atoms with E-state index in [1.165, 1.54) is 0 Å². The molecule has 0 spiro atoms. The zero-order valence-corrected chi connectivity index (χ0v) is 9.61. The van der Waals surface area contributed by atoms with Gasteiger partial charge in [-0.3, -0.25) is 0 Å². The van der Waals surface area contributed by atoms with Crippen LogP contribution in [0.25, 0.3) is 0 Å². The summed E-state index contributed by atoms with van der Waals surface area (Å²) >= 11 is 3.16. The summed E-state index contributed by atoms with van der Waals surface area (Å²) in [4.78, 5) is 0. The molecule has 1 aromatic rings. The van der Waals surface area contributed by atoms with Crippen LogP contribution in [0.4, 0.5) is 8.78 Å². The van der Waals surface area contributed by atoms with Crippen LogP contribution in [0.15, 0.2) is 16.6 Å². The summed E-state index contributed by atoms with van der Waals surface area (Å²) in [7, 11) is 0. The normalized spacial score (nSPS) is 13.4. The highest BCUT2D eigenvalue weighted by Crippen LogP contribution is 2.28. The largest absolute Gasteiger partial charge is 0.324 e. The SMILES string of the molecule is CC(C)[C@H](N)c1cc(F)c(F)cc1Br. The van der Waals surface area contributed by atoms with Crippen molar-refractivity contribution in [2.24, 2.45) is 11.7 Å². The minimum absolute atomic E-state index is 0.177. The third-order valence-corrected chi connectivity index (χ3v) is 2.80. The summed E-state index contributed by atoms with van der Waals surface area (Å²) in [6, 6.07) is 1.95. The number of halogens is 3. The number of hydrogen-bond donors (Lipinski definition) is 1. The van der Waals surface area contributed by atoms with Gasteiger partial charge in [-0.05, 0) is 23.6 Å². The Bertz CT molecular complexity index is 339. The van der Waals surface area contributed by atoms with E-state index < -0.39 is 11.6 Å². The van der Waals surface area contributed by atoms with Gasteiger partial charge in [0.25, 0.3) is 0 Å². The molecule has 4 heteroatoms. The monoisotopic (exact) mass is 263 g/mol. The first-order valence-electron chi connectivity index (χ1n) is 4.33. The van der Waals surface area contributed by atoms with Crippen molar-refractivity contribution in [1.82, 2.24) is 0 Å². The molecule has 0 bridgehead atoms. The molecule has 0 unspecified atom stereocenters. The van der Waals surface area contributed by atoms with Crippen molar-refractivity contribution in [3.63, 3.8) is 0 Å². The molecule has 0 aliphatic heterocycles. The second kappa shape index (κ2) is 4.36. The second-order valence-electron chi connectivity index (χ2n) is 3.56. The van der Waals surface area contributed by atoms with Gasteiger partial charge >= 0.3 is 0 Å². The van der Waals surface area contributed by atoms with Crippen LogP contribution >= 0.6 is 15.9 Å². The molecule has 1 rings (SSSR count). The van der Waals surface area contributed by atoms with E-state index in [0.29, 0.717) is 10.0 Å². The van der Waals surface area contributed by atoms with Crippen molar-refractivity contribution in [2.75, 3.05) is 0 Å². The number of hydrogen-bond acceptors (Lipinski definition) is 1. The Kier molecular flexibility index (Phi) is 3.61. The fourth-order valence-electron chi connectivity index (χ4n) is 1.15. The molecular weight excluding hydrogens is 252 g/mol. The first kappa shape index (κ1) is 11.6. The molecule has 1 aromatic carbocycles. The third kappa shape index (κ3) is 2.30. The minimum Gasteiger partial charge on any atom is -0.324 e. The molecule has 0 saturated heterocycles. The van der Waals surface area contributed by atoms with E-state index >= 15 is 0 Å². The third-order valence-electron chi connectivity index (χ3n) is 2.12. The number of rotatable bonds is 2. The lowest BCUT2D eigenvalue weighted by atomic mass is 9.97. The quantitative estimate of drug-likeness (QED) is 0.814. The van der Waals surface area contributed by atoms with Gasteiger partial charge in [-0.2, -0.15) is 0 Å². The molecule has 1 atom stereocenters. The Labute approximate surface area is 90.4 Å². The van der Waals surface area contributed by atoms with E-state index in [1.54, 1.807) is 0 Å². The smallest absolute Gasteiger partial charge is 0.159 e. The highest BCUT2D eigenvalue weighted by atomic mass is 79.9. The van der Waals surface area contributed by atoms with Gasteiger partial charge in [-0.25, -0.2) is 8.78 Å². The summed E-state index contributed by atoms with van der Waals surface area (Å²) in [6.45, 7) is 3.86. The second-order valence-corrected chi connectivity index (χ2v) is 4.41. The Morgan fingerprint density at radius 3 is 2.21 bits per heavy atom. The Morgan fingerprint density at radius 1 is 1.21 bits per heavy atom. The lowest BCUT2D eigenvalue weighted by molar-refractivity contribution is 0.486. The maximum Gasteiger partial charge on any atom is 0.159 e. The zero-order chi connectivity index (χ0) is 10.9. The van der Waals surface area contributed by atoms with E-state index in [-0.39, 0.29) is 12.0 Å². The molecule has 14 heavy (non-hydrogen) atoms.